The Morgan fingerprint density at radius 2 is 2.17 bits per heavy atom. The fourth-order valence-electron chi connectivity index (χ4n) is 2.28. The van der Waals surface area contributed by atoms with Crippen molar-refractivity contribution >= 4 is 32.8 Å². The van der Waals surface area contributed by atoms with E-state index in [2.05, 4.69) is 34.3 Å². The maximum atomic E-state index is 11.3. The Kier molecular flexibility index (Phi) is 3.48. The lowest BCUT2D eigenvalue weighted by Crippen LogP contribution is -2.03. The van der Waals surface area contributed by atoms with Crippen LogP contribution in [-0.2, 0) is 0 Å². The second kappa shape index (κ2) is 4.76. The molecule has 0 aliphatic heterocycles. The number of rotatable bonds is 3. The molecule has 1 atom stereocenters. The monoisotopic (exact) mass is 309 g/mol. The summed E-state index contributed by atoms with van der Waals surface area (Å²) in [4.78, 5) is 11.3. The van der Waals surface area contributed by atoms with Crippen molar-refractivity contribution in [2.75, 3.05) is 0 Å². The van der Waals surface area contributed by atoms with Gasteiger partial charge >= 0.3 is 5.97 Å². The summed E-state index contributed by atoms with van der Waals surface area (Å²) in [5, 5.41) is 10.1. The van der Waals surface area contributed by atoms with Crippen LogP contribution in [0.15, 0.2) is 22.8 Å². The summed E-state index contributed by atoms with van der Waals surface area (Å²) in [6.07, 6.45) is 3.05. The van der Waals surface area contributed by atoms with E-state index in [9.17, 15) is 9.90 Å². The minimum Gasteiger partial charge on any atom is -0.478 e. The third-order valence-corrected chi connectivity index (χ3v) is 3.84. The average Bonchev–Trinajstić information content (AvgIpc) is 2.64. The molecule has 0 saturated carbocycles. The fourth-order valence-corrected chi connectivity index (χ4v) is 2.73. The summed E-state index contributed by atoms with van der Waals surface area (Å²) in [6, 6.07) is 4.01. The molecule has 18 heavy (non-hydrogen) atoms. The molecule has 1 N–H and O–H groups in total. The van der Waals surface area contributed by atoms with Crippen LogP contribution in [-0.4, -0.2) is 15.6 Å². The van der Waals surface area contributed by atoms with Crippen molar-refractivity contribution in [3.05, 3.63) is 33.9 Å². The first kappa shape index (κ1) is 13.1. The van der Waals surface area contributed by atoms with Crippen molar-refractivity contribution in [3.63, 3.8) is 0 Å². The molecule has 0 bridgehead atoms. The fraction of sp³-hybridized carbons (Fsp3) is 0.357. The molecule has 1 aromatic heterocycles. The van der Waals surface area contributed by atoms with Crippen LogP contribution in [0.2, 0.25) is 0 Å². The Morgan fingerprint density at radius 1 is 1.50 bits per heavy atom. The Bertz CT molecular complexity index is 616. The molecule has 0 aliphatic rings. The molecule has 2 aromatic rings. The largest absolute Gasteiger partial charge is 0.478 e. The zero-order valence-corrected chi connectivity index (χ0v) is 12.3. The molecule has 0 aliphatic carbocycles. The van der Waals surface area contributed by atoms with Gasteiger partial charge in [0.1, 0.15) is 0 Å². The van der Waals surface area contributed by atoms with Gasteiger partial charge in [0.25, 0.3) is 0 Å². The minimum atomic E-state index is -0.883. The first-order chi connectivity index (χ1) is 8.45. The highest BCUT2D eigenvalue weighted by Crippen LogP contribution is 2.31. The smallest absolute Gasteiger partial charge is 0.336 e. The zero-order chi connectivity index (χ0) is 13.4. The molecule has 0 unspecified atom stereocenters. The van der Waals surface area contributed by atoms with Gasteiger partial charge in [-0.3, -0.25) is 0 Å². The lowest BCUT2D eigenvalue weighted by atomic mass is 10.1. The number of carbonyl (C=O) groups is 1. The molecule has 4 heteroatoms. The Labute approximate surface area is 115 Å². The van der Waals surface area contributed by atoms with Crippen molar-refractivity contribution in [2.24, 2.45) is 0 Å². The number of hydrogen-bond donors (Lipinski definition) is 1. The Balaban J connectivity index is 2.83. The third-order valence-electron chi connectivity index (χ3n) is 3.38. The van der Waals surface area contributed by atoms with Gasteiger partial charge in [-0.25, -0.2) is 4.79 Å². The van der Waals surface area contributed by atoms with Gasteiger partial charge in [-0.1, -0.05) is 22.9 Å². The number of benzene rings is 1. The molecule has 1 heterocycles. The lowest BCUT2D eigenvalue weighted by molar-refractivity contribution is 0.0699. The molecule has 2 rings (SSSR count). The quantitative estimate of drug-likeness (QED) is 0.914. The summed E-state index contributed by atoms with van der Waals surface area (Å²) in [7, 11) is 0. The normalized spacial score (nSPS) is 12.9. The topological polar surface area (TPSA) is 42.2 Å². The van der Waals surface area contributed by atoms with E-state index in [-0.39, 0.29) is 0 Å². The van der Waals surface area contributed by atoms with Crippen LogP contribution in [0.4, 0.5) is 0 Å². The van der Waals surface area contributed by atoms with E-state index in [0.29, 0.717) is 11.6 Å². The zero-order valence-electron chi connectivity index (χ0n) is 10.7. The highest BCUT2D eigenvalue weighted by molar-refractivity contribution is 9.10. The molecule has 1 aromatic carbocycles. The first-order valence-corrected chi connectivity index (χ1v) is 6.79. The van der Waals surface area contributed by atoms with Crippen molar-refractivity contribution in [2.45, 2.75) is 33.2 Å². The van der Waals surface area contributed by atoms with Gasteiger partial charge in [0, 0.05) is 22.1 Å². The van der Waals surface area contributed by atoms with Crippen LogP contribution in [0.25, 0.3) is 10.9 Å². The number of carboxylic acid groups (broad SMARTS) is 1. The molecule has 0 radical (unpaired) electrons. The van der Waals surface area contributed by atoms with Crippen LogP contribution in [0.3, 0.4) is 0 Å². The van der Waals surface area contributed by atoms with Gasteiger partial charge in [-0.15, -0.1) is 0 Å². The average molecular weight is 310 g/mol. The molecule has 0 spiro atoms. The Morgan fingerprint density at radius 3 is 2.72 bits per heavy atom. The van der Waals surface area contributed by atoms with Crippen LogP contribution in [0.1, 0.15) is 42.2 Å². The molecular weight excluding hydrogens is 294 g/mol. The summed E-state index contributed by atoms with van der Waals surface area (Å²) < 4.78 is 2.96. The number of fused-ring (bicyclic) bond motifs is 1. The summed E-state index contributed by atoms with van der Waals surface area (Å²) in [6.45, 7) is 6.23. The van der Waals surface area contributed by atoms with Crippen LogP contribution >= 0.6 is 15.9 Å². The number of hydrogen-bond acceptors (Lipinski definition) is 1. The van der Waals surface area contributed by atoms with Gasteiger partial charge in [0.05, 0.1) is 11.1 Å². The predicted octanol–water partition coefficient (Wildman–Crippen LogP) is 4.38. The maximum absolute atomic E-state index is 11.3. The molecule has 0 saturated heterocycles. The number of carboxylic acids is 1. The van der Waals surface area contributed by atoms with E-state index in [1.807, 2.05) is 19.2 Å². The second-order valence-corrected chi connectivity index (χ2v) is 5.54. The van der Waals surface area contributed by atoms with Crippen LogP contribution < -0.4 is 0 Å². The van der Waals surface area contributed by atoms with Gasteiger partial charge in [0.15, 0.2) is 0 Å². The first-order valence-electron chi connectivity index (χ1n) is 5.99. The summed E-state index contributed by atoms with van der Waals surface area (Å²) in [5.74, 6) is -0.883. The highest BCUT2D eigenvalue weighted by atomic mass is 79.9. The van der Waals surface area contributed by atoms with Crippen molar-refractivity contribution < 1.29 is 9.90 Å². The molecular formula is C14H16BrNO2. The maximum Gasteiger partial charge on any atom is 0.336 e. The Hall–Kier alpha value is -1.29. The highest BCUT2D eigenvalue weighted by Gasteiger charge is 2.17. The molecule has 0 amide bonds. The van der Waals surface area contributed by atoms with Crippen molar-refractivity contribution in [1.29, 1.82) is 0 Å². The van der Waals surface area contributed by atoms with E-state index in [1.54, 1.807) is 6.07 Å². The van der Waals surface area contributed by atoms with Gasteiger partial charge in [-0.05, 0) is 38.0 Å². The third kappa shape index (κ3) is 2.05. The predicted molar refractivity (Wildman–Crippen MR) is 76.3 cm³/mol. The second-order valence-electron chi connectivity index (χ2n) is 4.63. The van der Waals surface area contributed by atoms with Gasteiger partial charge < -0.3 is 9.67 Å². The summed E-state index contributed by atoms with van der Waals surface area (Å²) >= 11 is 3.39. The SMILES string of the molecule is CC[C@@H](C)n1cc(C)c2c(C(=O)O)cc(Br)cc21. The van der Waals surface area contributed by atoms with E-state index in [4.69, 9.17) is 0 Å². The number of aryl methyl sites for hydroxylation is 1. The lowest BCUT2D eigenvalue weighted by Gasteiger charge is -2.13. The number of aromatic nitrogens is 1. The number of nitrogens with zero attached hydrogens (tertiary/aromatic N) is 1. The molecule has 3 nitrogen and oxygen atoms in total. The summed E-state index contributed by atoms with van der Waals surface area (Å²) in [5.41, 5.74) is 2.35. The number of aromatic carboxylic acids is 1. The molecule has 0 fully saturated rings. The van der Waals surface area contributed by atoms with Gasteiger partial charge in [0.2, 0.25) is 0 Å². The van der Waals surface area contributed by atoms with Crippen molar-refractivity contribution in [3.8, 4) is 0 Å². The van der Waals surface area contributed by atoms with Crippen LogP contribution in [0, 0.1) is 6.92 Å². The molecule has 96 valence electrons. The van der Waals surface area contributed by atoms with Crippen molar-refractivity contribution in [1.82, 2.24) is 4.57 Å². The minimum absolute atomic E-state index is 0.358. The van der Waals surface area contributed by atoms with E-state index in [0.717, 1.165) is 27.4 Å². The van der Waals surface area contributed by atoms with E-state index >= 15 is 0 Å². The van der Waals surface area contributed by atoms with Crippen LogP contribution in [0.5, 0.6) is 0 Å². The number of halogens is 1. The van der Waals surface area contributed by atoms with Gasteiger partial charge in [-0.2, -0.15) is 0 Å². The van der Waals surface area contributed by atoms with E-state index in [1.165, 1.54) is 0 Å². The standard InChI is InChI=1S/C14H16BrNO2/c1-4-9(3)16-7-8(2)13-11(14(17)18)5-10(15)6-12(13)16/h5-7,9H,4H2,1-3H3,(H,17,18)/t9-/m1/s1. The van der Waals surface area contributed by atoms with E-state index < -0.39 is 5.97 Å².